The van der Waals surface area contributed by atoms with Gasteiger partial charge in [-0.3, -0.25) is 0 Å². The van der Waals surface area contributed by atoms with E-state index in [0.717, 1.165) is 16.5 Å². The van der Waals surface area contributed by atoms with E-state index >= 15 is 0 Å². The number of rotatable bonds is 9. The Hall–Kier alpha value is -3.82. The molecule has 2 N–H and O–H groups in total. The molecule has 9 heteroatoms. The van der Waals surface area contributed by atoms with E-state index in [4.69, 9.17) is 4.74 Å². The van der Waals surface area contributed by atoms with Crippen molar-refractivity contribution in [3.63, 3.8) is 0 Å². The summed E-state index contributed by atoms with van der Waals surface area (Å²) in [6.07, 6.45) is 0. The van der Waals surface area contributed by atoms with Crippen LogP contribution in [-0.4, -0.2) is 37.5 Å². The van der Waals surface area contributed by atoms with Crippen LogP contribution >= 0.6 is 0 Å². The van der Waals surface area contributed by atoms with Crippen LogP contribution in [0.1, 0.15) is 19.7 Å². The molecule has 0 spiro atoms. The minimum atomic E-state index is -3.80. The Balaban J connectivity index is 1.57. The highest BCUT2D eigenvalue weighted by Gasteiger charge is 2.24. The van der Waals surface area contributed by atoms with Gasteiger partial charge in [-0.15, -0.1) is 0 Å². The van der Waals surface area contributed by atoms with Crippen LogP contribution in [0.15, 0.2) is 83.8 Å². The number of fused-ring (bicyclic) bond motifs is 1. The molecule has 8 nitrogen and oxygen atoms in total. The Morgan fingerprint density at radius 3 is 2.19 bits per heavy atom. The fraction of sp³-hybridized carbons (Fsp3) is 0.222. The molecule has 0 radical (unpaired) electrons. The molecular weight excluding hydrogens is 476 g/mol. The molecule has 1 aromatic heterocycles. The lowest BCUT2D eigenvalue weighted by Crippen LogP contribution is -2.36. The molecule has 4 aromatic rings. The average Bonchev–Trinajstić information content (AvgIpc) is 2.90. The zero-order valence-corrected chi connectivity index (χ0v) is 21.1. The summed E-state index contributed by atoms with van der Waals surface area (Å²) in [5.41, 5.74) is 2.56. The van der Waals surface area contributed by atoms with Crippen LogP contribution in [0.5, 0.6) is 0 Å². The fourth-order valence-corrected chi connectivity index (χ4v) is 4.77. The molecule has 0 saturated heterocycles. The van der Waals surface area contributed by atoms with Crippen LogP contribution in [0, 0.1) is 5.92 Å². The second kappa shape index (κ2) is 10.8. The van der Waals surface area contributed by atoms with E-state index in [-0.39, 0.29) is 23.2 Å². The smallest absolute Gasteiger partial charge is 0.328 e. The Morgan fingerprint density at radius 1 is 0.889 bits per heavy atom. The molecule has 0 amide bonds. The maximum Gasteiger partial charge on any atom is 0.328 e. The lowest BCUT2D eigenvalue weighted by atomic mass is 10.0. The number of nitrogens with one attached hydrogen (secondary N) is 2. The molecule has 36 heavy (non-hydrogen) atoms. The molecule has 3 aromatic carbocycles. The van der Waals surface area contributed by atoms with Crippen molar-refractivity contribution in [3.05, 3.63) is 84.7 Å². The van der Waals surface area contributed by atoms with E-state index in [1.807, 2.05) is 68.4 Å². The number of esters is 1. The first-order valence-electron chi connectivity index (χ1n) is 11.5. The molecule has 4 rings (SSSR count). The van der Waals surface area contributed by atoms with Crippen molar-refractivity contribution in [1.29, 1.82) is 0 Å². The molecular formula is C27H28N4O4S. The Labute approximate surface area is 210 Å². The SMILES string of the molecule is COC(=O)[C@@H](Nc1nc(CNS(=O)(=O)c2ccc(-c3ccccc3)cc2)nc2ccccc12)C(C)C. The van der Waals surface area contributed by atoms with Gasteiger partial charge in [0.15, 0.2) is 0 Å². The minimum absolute atomic E-state index is 0.0630. The number of para-hydroxylation sites is 1. The number of benzene rings is 3. The van der Waals surface area contributed by atoms with Crippen molar-refractivity contribution >= 4 is 32.7 Å². The van der Waals surface area contributed by atoms with Crippen molar-refractivity contribution in [1.82, 2.24) is 14.7 Å². The number of anilines is 1. The Morgan fingerprint density at radius 2 is 1.53 bits per heavy atom. The zero-order chi connectivity index (χ0) is 25.7. The summed E-state index contributed by atoms with van der Waals surface area (Å²) in [5.74, 6) is 0.236. The van der Waals surface area contributed by atoms with Gasteiger partial charge in [0.25, 0.3) is 0 Å². The van der Waals surface area contributed by atoms with Crippen LogP contribution in [-0.2, 0) is 26.1 Å². The van der Waals surface area contributed by atoms with Gasteiger partial charge in [0.2, 0.25) is 10.0 Å². The van der Waals surface area contributed by atoms with Gasteiger partial charge in [-0.2, -0.15) is 0 Å². The normalized spacial score (nSPS) is 12.4. The van der Waals surface area contributed by atoms with Gasteiger partial charge in [0.1, 0.15) is 17.7 Å². The molecule has 0 saturated carbocycles. The fourth-order valence-electron chi connectivity index (χ4n) is 3.79. The highest BCUT2D eigenvalue weighted by molar-refractivity contribution is 7.89. The standard InChI is InChI=1S/C27H28N4O4S/c1-18(2)25(27(32)35-3)31-26-22-11-7-8-12-23(22)29-24(30-26)17-28-36(33,34)21-15-13-20(14-16-21)19-9-5-4-6-10-19/h4-16,18,25,28H,17H2,1-3H3,(H,29,30,31)/t25-/m0/s1. The maximum absolute atomic E-state index is 13.0. The predicted molar refractivity (Wildman–Crippen MR) is 140 cm³/mol. The van der Waals surface area contributed by atoms with E-state index < -0.39 is 22.0 Å². The summed E-state index contributed by atoms with van der Waals surface area (Å²) in [6.45, 7) is 3.68. The zero-order valence-electron chi connectivity index (χ0n) is 20.3. The number of nitrogens with zero attached hydrogens (tertiary/aromatic N) is 2. The van der Waals surface area contributed by atoms with Gasteiger partial charge in [0.05, 0.1) is 24.1 Å². The van der Waals surface area contributed by atoms with Crippen molar-refractivity contribution in [2.75, 3.05) is 12.4 Å². The van der Waals surface area contributed by atoms with Gasteiger partial charge in [-0.25, -0.2) is 27.9 Å². The van der Waals surface area contributed by atoms with Crippen LogP contribution in [0.25, 0.3) is 22.0 Å². The maximum atomic E-state index is 13.0. The molecule has 1 heterocycles. The van der Waals surface area contributed by atoms with Gasteiger partial charge >= 0.3 is 5.97 Å². The first kappa shape index (κ1) is 25.3. The first-order chi connectivity index (χ1) is 17.3. The summed E-state index contributed by atoms with van der Waals surface area (Å²) in [7, 11) is -2.46. The predicted octanol–water partition coefficient (Wildman–Crippen LogP) is 4.38. The molecule has 0 unspecified atom stereocenters. The summed E-state index contributed by atoms with van der Waals surface area (Å²) in [4.78, 5) is 21.5. The highest BCUT2D eigenvalue weighted by atomic mass is 32.2. The number of carbonyl (C=O) groups is 1. The number of aromatic nitrogens is 2. The average molecular weight is 505 g/mol. The molecule has 186 valence electrons. The van der Waals surface area contributed by atoms with E-state index in [0.29, 0.717) is 11.3 Å². The summed E-state index contributed by atoms with van der Waals surface area (Å²) >= 11 is 0. The third-order valence-electron chi connectivity index (χ3n) is 5.76. The van der Waals surface area contributed by atoms with Gasteiger partial charge in [-0.1, -0.05) is 68.4 Å². The quantitative estimate of drug-likeness (QED) is 0.325. The second-order valence-electron chi connectivity index (χ2n) is 8.61. The number of hydrogen-bond donors (Lipinski definition) is 2. The van der Waals surface area contributed by atoms with Crippen molar-refractivity contribution < 1.29 is 17.9 Å². The third-order valence-corrected chi connectivity index (χ3v) is 7.17. The van der Waals surface area contributed by atoms with Crippen LogP contribution < -0.4 is 10.0 Å². The van der Waals surface area contributed by atoms with Crippen molar-refractivity contribution in [2.24, 2.45) is 5.92 Å². The van der Waals surface area contributed by atoms with Crippen LogP contribution in [0.2, 0.25) is 0 Å². The summed E-state index contributed by atoms with van der Waals surface area (Å²) in [6, 6.07) is 23.1. The van der Waals surface area contributed by atoms with Gasteiger partial charge in [0, 0.05) is 5.39 Å². The minimum Gasteiger partial charge on any atom is -0.467 e. The summed E-state index contributed by atoms with van der Waals surface area (Å²) < 4.78 is 33.4. The molecule has 0 aliphatic carbocycles. The largest absolute Gasteiger partial charge is 0.467 e. The van der Waals surface area contributed by atoms with Crippen LogP contribution in [0.3, 0.4) is 0 Å². The number of ether oxygens (including phenoxy) is 1. The van der Waals surface area contributed by atoms with Crippen molar-refractivity contribution in [3.8, 4) is 11.1 Å². The molecule has 0 fully saturated rings. The molecule has 0 aliphatic heterocycles. The molecule has 0 aliphatic rings. The third kappa shape index (κ3) is 5.69. The monoisotopic (exact) mass is 504 g/mol. The summed E-state index contributed by atoms with van der Waals surface area (Å²) in [5, 5.41) is 3.88. The van der Waals surface area contributed by atoms with Crippen molar-refractivity contribution in [2.45, 2.75) is 31.3 Å². The Bertz CT molecular complexity index is 1460. The lowest BCUT2D eigenvalue weighted by Gasteiger charge is -2.21. The topological polar surface area (TPSA) is 110 Å². The van der Waals surface area contributed by atoms with E-state index in [9.17, 15) is 13.2 Å². The number of sulfonamides is 1. The number of hydrogen-bond acceptors (Lipinski definition) is 7. The highest BCUT2D eigenvalue weighted by Crippen LogP contribution is 2.24. The second-order valence-corrected chi connectivity index (χ2v) is 10.4. The van der Waals surface area contributed by atoms with E-state index in [1.165, 1.54) is 7.11 Å². The van der Waals surface area contributed by atoms with Gasteiger partial charge in [-0.05, 0) is 41.3 Å². The van der Waals surface area contributed by atoms with E-state index in [1.54, 1.807) is 24.3 Å². The molecule has 1 atom stereocenters. The van der Waals surface area contributed by atoms with Gasteiger partial charge < -0.3 is 10.1 Å². The number of methoxy groups -OCH3 is 1. The molecule has 0 bridgehead atoms. The Kier molecular flexibility index (Phi) is 7.61. The van der Waals surface area contributed by atoms with Crippen LogP contribution in [0.4, 0.5) is 5.82 Å². The van der Waals surface area contributed by atoms with E-state index in [2.05, 4.69) is 20.0 Å². The number of carbonyl (C=O) groups excluding carboxylic acids is 1. The first-order valence-corrected chi connectivity index (χ1v) is 13.0. The lowest BCUT2D eigenvalue weighted by molar-refractivity contribution is -0.142.